The number of likely N-dealkylation sites (N-methyl/N-ethyl adjacent to an activating group) is 1. The van der Waals surface area contributed by atoms with Crippen LogP contribution in [0.1, 0.15) is 11.1 Å². The van der Waals surface area contributed by atoms with Gasteiger partial charge in [-0.15, -0.1) is 11.3 Å². The first-order valence-electron chi connectivity index (χ1n) is 5.76. The molecule has 0 aliphatic carbocycles. The van der Waals surface area contributed by atoms with Crippen LogP contribution < -0.4 is 0 Å². The Morgan fingerprint density at radius 2 is 2.16 bits per heavy atom. The van der Waals surface area contributed by atoms with Crippen LogP contribution in [0.2, 0.25) is 0 Å². The van der Waals surface area contributed by atoms with Crippen molar-refractivity contribution in [3.63, 3.8) is 0 Å². The van der Waals surface area contributed by atoms with E-state index in [-0.39, 0.29) is 18.1 Å². The third-order valence-electron chi connectivity index (χ3n) is 2.77. The van der Waals surface area contributed by atoms with Crippen molar-refractivity contribution < 1.29 is 9.18 Å². The van der Waals surface area contributed by atoms with Gasteiger partial charge in [-0.25, -0.2) is 4.39 Å². The fourth-order valence-corrected chi connectivity index (χ4v) is 2.93. The molecule has 0 aliphatic heterocycles. The lowest BCUT2D eigenvalue weighted by Crippen LogP contribution is -2.27. The van der Waals surface area contributed by atoms with Gasteiger partial charge in [-0.2, -0.15) is 0 Å². The Kier molecular flexibility index (Phi) is 4.71. The van der Waals surface area contributed by atoms with Crippen LogP contribution in [0.5, 0.6) is 0 Å². The number of halogens is 2. The lowest BCUT2D eigenvalue weighted by molar-refractivity contribution is -0.129. The molecule has 19 heavy (non-hydrogen) atoms. The van der Waals surface area contributed by atoms with Crippen LogP contribution in [-0.4, -0.2) is 17.9 Å². The maximum atomic E-state index is 13.5. The molecule has 0 saturated carbocycles. The summed E-state index contributed by atoms with van der Waals surface area (Å²) in [6.07, 6.45) is 0.0917. The Labute approximate surface area is 124 Å². The van der Waals surface area contributed by atoms with E-state index in [9.17, 15) is 9.18 Å². The first-order valence-corrected chi connectivity index (χ1v) is 7.44. The predicted molar refractivity (Wildman–Crippen MR) is 78.6 cm³/mol. The molecule has 0 spiro atoms. The molecule has 0 bridgehead atoms. The van der Waals surface area contributed by atoms with E-state index >= 15 is 0 Å². The molecule has 1 heterocycles. The van der Waals surface area contributed by atoms with E-state index in [4.69, 9.17) is 0 Å². The summed E-state index contributed by atoms with van der Waals surface area (Å²) in [6.45, 7) is 0.537. The second-order valence-corrected chi connectivity index (χ2v) is 6.57. The second kappa shape index (κ2) is 6.30. The van der Waals surface area contributed by atoms with Gasteiger partial charge in [-0.3, -0.25) is 4.79 Å². The zero-order valence-corrected chi connectivity index (χ0v) is 12.8. The van der Waals surface area contributed by atoms with E-state index in [0.29, 0.717) is 12.1 Å². The molecule has 2 rings (SSSR count). The molecular formula is C14H13BrFNOS. The number of carbonyl (C=O) groups is 1. The van der Waals surface area contributed by atoms with Gasteiger partial charge >= 0.3 is 0 Å². The molecule has 2 aromatic rings. The van der Waals surface area contributed by atoms with Gasteiger partial charge in [0.25, 0.3) is 0 Å². The van der Waals surface area contributed by atoms with Gasteiger partial charge in [-0.1, -0.05) is 18.2 Å². The number of benzene rings is 1. The molecule has 1 amide bonds. The normalized spacial score (nSPS) is 10.5. The predicted octanol–water partition coefficient (Wildman–Crippen LogP) is 3.85. The van der Waals surface area contributed by atoms with Crippen molar-refractivity contribution in [2.75, 3.05) is 7.05 Å². The Morgan fingerprint density at radius 1 is 1.42 bits per heavy atom. The summed E-state index contributed by atoms with van der Waals surface area (Å²) in [6, 6.07) is 8.36. The Bertz CT molecular complexity index is 584. The molecular weight excluding hydrogens is 329 g/mol. The van der Waals surface area contributed by atoms with E-state index in [0.717, 1.165) is 9.35 Å². The van der Waals surface area contributed by atoms with Gasteiger partial charge in [0, 0.05) is 13.6 Å². The van der Waals surface area contributed by atoms with E-state index in [1.807, 2.05) is 11.4 Å². The van der Waals surface area contributed by atoms with E-state index in [1.165, 1.54) is 6.07 Å². The van der Waals surface area contributed by atoms with E-state index in [2.05, 4.69) is 15.9 Å². The van der Waals surface area contributed by atoms with Crippen LogP contribution in [0, 0.1) is 5.82 Å². The first kappa shape index (κ1) is 14.2. The standard InChI is InChI=1S/C14H13BrFNOS/c1-17(8-10-6-13(15)19-9-10)14(18)7-11-4-2-3-5-12(11)16/h2-6,9H,7-8H2,1H3. The molecule has 0 saturated heterocycles. The van der Waals surface area contributed by atoms with Crippen molar-refractivity contribution in [2.45, 2.75) is 13.0 Å². The van der Waals surface area contributed by atoms with Gasteiger partial charge in [0.1, 0.15) is 5.82 Å². The van der Waals surface area contributed by atoms with Crippen LogP contribution in [0.4, 0.5) is 4.39 Å². The van der Waals surface area contributed by atoms with Gasteiger partial charge in [0.05, 0.1) is 10.2 Å². The monoisotopic (exact) mass is 341 g/mol. The van der Waals surface area contributed by atoms with Crippen molar-refractivity contribution in [3.05, 3.63) is 56.4 Å². The molecule has 1 aromatic heterocycles. The number of hydrogen-bond acceptors (Lipinski definition) is 2. The van der Waals surface area contributed by atoms with Crippen LogP contribution >= 0.6 is 27.3 Å². The summed E-state index contributed by atoms with van der Waals surface area (Å²) in [5.74, 6) is -0.421. The van der Waals surface area contributed by atoms with E-state index in [1.54, 1.807) is 41.5 Å². The van der Waals surface area contributed by atoms with Crippen molar-refractivity contribution in [2.24, 2.45) is 0 Å². The minimum atomic E-state index is -0.331. The van der Waals surface area contributed by atoms with Gasteiger partial charge in [0.15, 0.2) is 0 Å². The largest absolute Gasteiger partial charge is 0.341 e. The molecule has 0 fully saturated rings. The molecule has 100 valence electrons. The number of amides is 1. The topological polar surface area (TPSA) is 20.3 Å². The summed E-state index contributed by atoms with van der Waals surface area (Å²) in [5.41, 5.74) is 1.51. The average Bonchev–Trinajstić information content (AvgIpc) is 2.77. The molecule has 0 atom stereocenters. The van der Waals surface area contributed by atoms with Crippen molar-refractivity contribution in [1.82, 2.24) is 4.90 Å². The molecule has 0 N–H and O–H groups in total. The smallest absolute Gasteiger partial charge is 0.227 e. The van der Waals surface area contributed by atoms with Gasteiger partial charge in [0.2, 0.25) is 5.91 Å². The minimum absolute atomic E-state index is 0.0903. The summed E-state index contributed by atoms with van der Waals surface area (Å²) >= 11 is 4.97. The zero-order chi connectivity index (χ0) is 13.8. The van der Waals surface area contributed by atoms with Crippen molar-refractivity contribution >= 4 is 33.2 Å². The zero-order valence-electron chi connectivity index (χ0n) is 10.4. The minimum Gasteiger partial charge on any atom is -0.341 e. The number of carbonyl (C=O) groups excluding carboxylic acids is 1. The van der Waals surface area contributed by atoms with Crippen LogP contribution in [0.15, 0.2) is 39.5 Å². The molecule has 0 radical (unpaired) electrons. The summed E-state index contributed by atoms with van der Waals surface area (Å²) < 4.78 is 14.5. The fourth-order valence-electron chi connectivity index (χ4n) is 1.73. The number of nitrogens with zero attached hydrogens (tertiary/aromatic N) is 1. The summed E-state index contributed by atoms with van der Waals surface area (Å²) in [4.78, 5) is 13.6. The highest BCUT2D eigenvalue weighted by Crippen LogP contribution is 2.21. The summed E-state index contributed by atoms with van der Waals surface area (Å²) in [5, 5.41) is 2.00. The second-order valence-electron chi connectivity index (χ2n) is 4.28. The number of rotatable bonds is 4. The molecule has 5 heteroatoms. The highest BCUT2D eigenvalue weighted by atomic mass is 79.9. The van der Waals surface area contributed by atoms with Crippen LogP contribution in [0.3, 0.4) is 0 Å². The maximum absolute atomic E-state index is 13.5. The van der Waals surface area contributed by atoms with Crippen molar-refractivity contribution in [1.29, 1.82) is 0 Å². The molecule has 2 nitrogen and oxygen atoms in total. The average molecular weight is 342 g/mol. The van der Waals surface area contributed by atoms with E-state index < -0.39 is 0 Å². The Balaban J connectivity index is 1.98. The van der Waals surface area contributed by atoms with Gasteiger partial charge in [-0.05, 0) is 44.6 Å². The lowest BCUT2D eigenvalue weighted by atomic mass is 10.1. The Hall–Kier alpha value is -1.20. The van der Waals surface area contributed by atoms with Gasteiger partial charge < -0.3 is 4.90 Å². The summed E-state index contributed by atoms with van der Waals surface area (Å²) in [7, 11) is 1.73. The first-order chi connectivity index (χ1) is 9.06. The molecule has 1 aromatic carbocycles. The van der Waals surface area contributed by atoms with Crippen LogP contribution in [-0.2, 0) is 17.8 Å². The highest BCUT2D eigenvalue weighted by molar-refractivity contribution is 9.11. The third kappa shape index (κ3) is 3.88. The quantitative estimate of drug-likeness (QED) is 0.827. The number of thiophene rings is 1. The molecule has 0 unspecified atom stereocenters. The SMILES string of the molecule is CN(Cc1csc(Br)c1)C(=O)Cc1ccccc1F. The number of hydrogen-bond donors (Lipinski definition) is 0. The maximum Gasteiger partial charge on any atom is 0.227 e. The van der Waals surface area contributed by atoms with Crippen molar-refractivity contribution in [3.8, 4) is 0 Å². The lowest BCUT2D eigenvalue weighted by Gasteiger charge is -2.16. The molecule has 0 aliphatic rings. The Morgan fingerprint density at radius 3 is 2.79 bits per heavy atom. The fraction of sp³-hybridized carbons (Fsp3) is 0.214. The highest BCUT2D eigenvalue weighted by Gasteiger charge is 2.13. The van der Waals surface area contributed by atoms with Crippen LogP contribution in [0.25, 0.3) is 0 Å². The third-order valence-corrected chi connectivity index (χ3v) is 4.32.